The molecule has 1 aliphatic heterocycles. The molecule has 0 atom stereocenters. The molecule has 0 radical (unpaired) electrons. The maximum absolute atomic E-state index is 11.6. The van der Waals surface area contributed by atoms with Gasteiger partial charge >= 0.3 is 0 Å². The average molecular weight is 259 g/mol. The number of carbonyl (C=O) groups excluding carboxylic acids is 1. The summed E-state index contributed by atoms with van der Waals surface area (Å²) in [5, 5.41) is 3.01. The van der Waals surface area contributed by atoms with Crippen LogP contribution in [0.5, 0.6) is 0 Å². The lowest BCUT2D eigenvalue weighted by molar-refractivity contribution is -0.901. The lowest BCUT2D eigenvalue weighted by Crippen LogP contribution is -3.08. The van der Waals surface area contributed by atoms with E-state index in [1.165, 1.54) is 37.1 Å². The van der Waals surface area contributed by atoms with Gasteiger partial charge in [-0.05, 0) is 18.4 Å². The molecule has 102 valence electrons. The Hall–Kier alpha value is -1.35. The number of hydrogen-bond donors (Lipinski definition) is 2. The quantitative estimate of drug-likeness (QED) is 0.809. The summed E-state index contributed by atoms with van der Waals surface area (Å²) in [6.45, 7) is 4.46. The molecular weight excluding hydrogens is 236 g/mol. The van der Waals surface area contributed by atoms with Crippen molar-refractivity contribution >= 4 is 5.91 Å². The lowest BCUT2D eigenvalue weighted by Gasteiger charge is -2.12. The van der Waals surface area contributed by atoms with Gasteiger partial charge in [0.1, 0.15) is 6.54 Å². The number of quaternary nitrogens is 1. The van der Waals surface area contributed by atoms with Gasteiger partial charge in [0.2, 0.25) is 5.91 Å². The van der Waals surface area contributed by atoms with Gasteiger partial charge in [0.25, 0.3) is 0 Å². The van der Waals surface area contributed by atoms with E-state index < -0.39 is 0 Å². The first-order chi connectivity index (χ1) is 9.31. The fourth-order valence-electron chi connectivity index (χ4n) is 2.79. The molecule has 3 rings (SSSR count). The minimum atomic E-state index is 0.227. The predicted molar refractivity (Wildman–Crippen MR) is 74.6 cm³/mol. The minimum absolute atomic E-state index is 0.227. The summed E-state index contributed by atoms with van der Waals surface area (Å²) in [5.41, 5.74) is 2.61. The van der Waals surface area contributed by atoms with E-state index in [1.54, 1.807) is 4.90 Å². The molecule has 1 saturated heterocycles. The van der Waals surface area contributed by atoms with Gasteiger partial charge in [-0.15, -0.1) is 0 Å². The molecule has 1 amide bonds. The van der Waals surface area contributed by atoms with Crippen LogP contribution in [0.2, 0.25) is 0 Å². The first kappa shape index (κ1) is 12.7. The summed E-state index contributed by atoms with van der Waals surface area (Å²) < 4.78 is 0. The summed E-state index contributed by atoms with van der Waals surface area (Å²) >= 11 is 0. The zero-order chi connectivity index (χ0) is 13.1. The Labute approximate surface area is 115 Å². The third-order valence-corrected chi connectivity index (χ3v) is 4.20. The number of likely N-dealkylation sites (tertiary alicyclic amines) is 1. The summed E-state index contributed by atoms with van der Waals surface area (Å²) in [7, 11) is 0. The molecule has 1 saturated carbocycles. The first-order valence-corrected chi connectivity index (χ1v) is 7.50. The molecule has 3 heteroatoms. The van der Waals surface area contributed by atoms with E-state index in [2.05, 4.69) is 29.6 Å². The normalized spacial score (nSPS) is 19.6. The molecule has 1 aromatic rings. The third-order valence-electron chi connectivity index (χ3n) is 4.20. The van der Waals surface area contributed by atoms with Crippen molar-refractivity contribution in [2.45, 2.75) is 38.8 Å². The van der Waals surface area contributed by atoms with E-state index in [0.29, 0.717) is 12.5 Å². The molecule has 0 aromatic heterocycles. The number of rotatable bonds is 5. The Balaban J connectivity index is 1.48. The van der Waals surface area contributed by atoms with Gasteiger partial charge in [-0.25, -0.2) is 0 Å². The number of amides is 1. The highest BCUT2D eigenvalue weighted by Gasteiger charge is 2.29. The topological polar surface area (TPSA) is 33.5 Å². The Morgan fingerprint density at radius 3 is 2.37 bits per heavy atom. The molecule has 0 spiro atoms. The summed E-state index contributed by atoms with van der Waals surface area (Å²) in [6.07, 6.45) is 4.90. The smallest absolute Gasteiger partial charge is 0.223 e. The molecule has 0 bridgehead atoms. The molecular formula is C16H23N2O+. The molecule has 2 N–H and O–H groups in total. The second-order valence-corrected chi connectivity index (χ2v) is 5.94. The molecule has 2 aliphatic rings. The maximum Gasteiger partial charge on any atom is 0.223 e. The SMILES string of the molecule is O=C(NCc1ccc(C[NH+]2CCCC2)cc1)C1CC1. The van der Waals surface area contributed by atoms with Crippen LogP contribution >= 0.6 is 0 Å². The molecule has 19 heavy (non-hydrogen) atoms. The van der Waals surface area contributed by atoms with Gasteiger partial charge in [-0.3, -0.25) is 4.79 Å². The van der Waals surface area contributed by atoms with E-state index in [4.69, 9.17) is 0 Å². The summed E-state index contributed by atoms with van der Waals surface area (Å²) in [5.74, 6) is 0.531. The van der Waals surface area contributed by atoms with Gasteiger partial charge in [-0.1, -0.05) is 24.3 Å². The van der Waals surface area contributed by atoms with E-state index in [9.17, 15) is 4.79 Å². The molecule has 2 fully saturated rings. The zero-order valence-corrected chi connectivity index (χ0v) is 11.5. The molecule has 1 heterocycles. The second-order valence-electron chi connectivity index (χ2n) is 5.94. The van der Waals surface area contributed by atoms with E-state index >= 15 is 0 Å². The van der Waals surface area contributed by atoms with Crippen LogP contribution in [0.25, 0.3) is 0 Å². The average Bonchev–Trinajstić information content (AvgIpc) is 3.17. The van der Waals surface area contributed by atoms with Gasteiger partial charge < -0.3 is 10.2 Å². The molecule has 3 nitrogen and oxygen atoms in total. The van der Waals surface area contributed by atoms with E-state index in [1.807, 2.05) is 0 Å². The Morgan fingerprint density at radius 2 is 1.74 bits per heavy atom. The highest BCUT2D eigenvalue weighted by molar-refractivity contribution is 5.80. The van der Waals surface area contributed by atoms with Gasteiger partial charge in [0.15, 0.2) is 0 Å². The molecule has 1 aliphatic carbocycles. The van der Waals surface area contributed by atoms with Crippen molar-refractivity contribution in [1.29, 1.82) is 0 Å². The van der Waals surface area contributed by atoms with Crippen LogP contribution in [-0.4, -0.2) is 19.0 Å². The van der Waals surface area contributed by atoms with Crippen molar-refractivity contribution in [2.75, 3.05) is 13.1 Å². The van der Waals surface area contributed by atoms with Gasteiger partial charge in [-0.2, -0.15) is 0 Å². The maximum atomic E-state index is 11.6. The number of carbonyl (C=O) groups is 1. The monoisotopic (exact) mass is 259 g/mol. The number of benzene rings is 1. The van der Waals surface area contributed by atoms with Crippen molar-refractivity contribution in [2.24, 2.45) is 5.92 Å². The third kappa shape index (κ3) is 3.57. The van der Waals surface area contributed by atoms with Crippen LogP contribution in [0.4, 0.5) is 0 Å². The second kappa shape index (κ2) is 5.74. The van der Waals surface area contributed by atoms with Crippen molar-refractivity contribution < 1.29 is 9.69 Å². The standard InChI is InChI=1S/C16H22N2O/c19-16(15-7-8-15)17-11-13-3-5-14(6-4-13)12-18-9-1-2-10-18/h3-6,15H,1-2,7-12H2,(H,17,19)/p+1. The van der Waals surface area contributed by atoms with Crippen LogP contribution in [0, 0.1) is 5.92 Å². The number of nitrogens with one attached hydrogen (secondary N) is 2. The summed E-state index contributed by atoms with van der Waals surface area (Å²) in [4.78, 5) is 13.3. The zero-order valence-electron chi connectivity index (χ0n) is 11.5. The van der Waals surface area contributed by atoms with Crippen molar-refractivity contribution in [3.8, 4) is 0 Å². The highest BCUT2D eigenvalue weighted by atomic mass is 16.2. The van der Waals surface area contributed by atoms with E-state index in [-0.39, 0.29) is 5.91 Å². The fourth-order valence-corrected chi connectivity index (χ4v) is 2.79. The Morgan fingerprint density at radius 1 is 1.11 bits per heavy atom. The van der Waals surface area contributed by atoms with Crippen LogP contribution in [0.3, 0.4) is 0 Å². The fraction of sp³-hybridized carbons (Fsp3) is 0.562. The van der Waals surface area contributed by atoms with Crippen LogP contribution in [-0.2, 0) is 17.9 Å². The molecule has 0 unspecified atom stereocenters. The summed E-state index contributed by atoms with van der Waals surface area (Å²) in [6, 6.07) is 8.73. The number of hydrogen-bond acceptors (Lipinski definition) is 1. The van der Waals surface area contributed by atoms with Crippen molar-refractivity contribution in [3.05, 3.63) is 35.4 Å². The largest absolute Gasteiger partial charge is 0.352 e. The van der Waals surface area contributed by atoms with Crippen molar-refractivity contribution in [1.82, 2.24) is 5.32 Å². The minimum Gasteiger partial charge on any atom is -0.352 e. The lowest BCUT2D eigenvalue weighted by atomic mass is 10.1. The van der Waals surface area contributed by atoms with E-state index in [0.717, 1.165) is 19.4 Å². The van der Waals surface area contributed by atoms with Crippen LogP contribution in [0.1, 0.15) is 36.8 Å². The van der Waals surface area contributed by atoms with Gasteiger partial charge in [0, 0.05) is 30.9 Å². The highest BCUT2D eigenvalue weighted by Crippen LogP contribution is 2.28. The van der Waals surface area contributed by atoms with Gasteiger partial charge in [0.05, 0.1) is 13.1 Å². The predicted octanol–water partition coefficient (Wildman–Crippen LogP) is 0.891. The Bertz CT molecular complexity index is 431. The molecule has 1 aromatic carbocycles. The Kier molecular flexibility index (Phi) is 3.83. The first-order valence-electron chi connectivity index (χ1n) is 7.50. The van der Waals surface area contributed by atoms with Crippen LogP contribution in [0.15, 0.2) is 24.3 Å². The van der Waals surface area contributed by atoms with Crippen molar-refractivity contribution in [3.63, 3.8) is 0 Å². The van der Waals surface area contributed by atoms with Crippen LogP contribution < -0.4 is 10.2 Å².